The van der Waals surface area contributed by atoms with E-state index in [2.05, 4.69) is 10.4 Å². The third-order valence-electron chi connectivity index (χ3n) is 3.24. The Labute approximate surface area is 129 Å². The molecule has 5 nitrogen and oxygen atoms in total. The molecule has 0 spiro atoms. The van der Waals surface area contributed by atoms with Crippen LogP contribution in [0.1, 0.15) is 29.9 Å². The van der Waals surface area contributed by atoms with Crippen molar-refractivity contribution in [1.82, 2.24) is 9.78 Å². The van der Waals surface area contributed by atoms with E-state index in [1.165, 1.54) is 0 Å². The summed E-state index contributed by atoms with van der Waals surface area (Å²) in [5, 5.41) is 7.20. The van der Waals surface area contributed by atoms with Gasteiger partial charge < -0.3 is 11.1 Å². The number of carbonyl (C=O) groups is 1. The second-order valence-corrected chi connectivity index (χ2v) is 5.39. The van der Waals surface area contributed by atoms with Gasteiger partial charge in [-0.1, -0.05) is 24.4 Å². The average Bonchev–Trinajstić information content (AvgIpc) is 2.77. The lowest BCUT2D eigenvalue weighted by Crippen LogP contribution is -2.26. The van der Waals surface area contributed by atoms with Crippen LogP contribution in [0.5, 0.6) is 0 Å². The summed E-state index contributed by atoms with van der Waals surface area (Å²) in [4.78, 5) is 12.6. The van der Waals surface area contributed by atoms with Gasteiger partial charge in [-0.05, 0) is 39.0 Å². The molecule has 0 saturated heterocycles. The smallest absolute Gasteiger partial charge is 0.248 e. The molecule has 1 heterocycles. The molecule has 0 saturated carbocycles. The molecule has 0 fully saturated rings. The SMILES string of the molecule is Cc1cc(C)n(C(C)C(=O)Nc2ccccc2C(N)=S)n1. The molecule has 3 N–H and O–H groups in total. The molecule has 1 aromatic carbocycles. The number of nitrogens with zero attached hydrogens (tertiary/aromatic N) is 2. The van der Waals surface area contributed by atoms with Gasteiger partial charge in [0.05, 0.1) is 11.4 Å². The largest absolute Gasteiger partial charge is 0.389 e. The predicted octanol–water partition coefficient (Wildman–Crippen LogP) is 2.33. The van der Waals surface area contributed by atoms with Crippen LogP contribution < -0.4 is 11.1 Å². The summed E-state index contributed by atoms with van der Waals surface area (Å²) in [5.41, 5.74) is 8.76. The third-order valence-corrected chi connectivity index (χ3v) is 3.46. The van der Waals surface area contributed by atoms with Crippen LogP contribution in [0.4, 0.5) is 5.69 Å². The number of thiocarbonyl (C=S) groups is 1. The first-order valence-electron chi connectivity index (χ1n) is 6.62. The van der Waals surface area contributed by atoms with E-state index < -0.39 is 6.04 Å². The lowest BCUT2D eigenvalue weighted by molar-refractivity contribution is -0.119. The van der Waals surface area contributed by atoms with E-state index in [-0.39, 0.29) is 10.9 Å². The molecule has 6 heteroatoms. The summed E-state index contributed by atoms with van der Waals surface area (Å²) in [5.74, 6) is -0.162. The van der Waals surface area contributed by atoms with E-state index in [0.29, 0.717) is 11.3 Å². The quantitative estimate of drug-likeness (QED) is 0.850. The fraction of sp³-hybridized carbons (Fsp3) is 0.267. The second-order valence-electron chi connectivity index (χ2n) is 4.95. The summed E-state index contributed by atoms with van der Waals surface area (Å²) >= 11 is 4.99. The van der Waals surface area contributed by atoms with Gasteiger partial charge in [-0.15, -0.1) is 0 Å². The van der Waals surface area contributed by atoms with Crippen LogP contribution in [0.3, 0.4) is 0 Å². The first-order valence-corrected chi connectivity index (χ1v) is 7.03. The molecule has 2 rings (SSSR count). The zero-order valence-corrected chi connectivity index (χ0v) is 13.1. The molecule has 0 aliphatic heterocycles. The molecule has 0 aliphatic rings. The number of aromatic nitrogens is 2. The monoisotopic (exact) mass is 302 g/mol. The normalized spacial score (nSPS) is 12.0. The topological polar surface area (TPSA) is 72.9 Å². The van der Waals surface area contributed by atoms with Crippen molar-refractivity contribution < 1.29 is 4.79 Å². The maximum atomic E-state index is 12.4. The van der Waals surface area contributed by atoms with Gasteiger partial charge in [0.15, 0.2) is 0 Å². The van der Waals surface area contributed by atoms with E-state index in [0.717, 1.165) is 11.4 Å². The van der Waals surface area contributed by atoms with Crippen LogP contribution in [0, 0.1) is 13.8 Å². The Kier molecular flexibility index (Phi) is 4.37. The molecule has 2 aromatic rings. The number of rotatable bonds is 4. The van der Waals surface area contributed by atoms with Crippen LogP contribution in [-0.2, 0) is 4.79 Å². The van der Waals surface area contributed by atoms with Crippen molar-refractivity contribution >= 4 is 28.8 Å². The zero-order valence-electron chi connectivity index (χ0n) is 12.3. The van der Waals surface area contributed by atoms with E-state index in [4.69, 9.17) is 18.0 Å². The minimum atomic E-state index is -0.418. The third kappa shape index (κ3) is 3.28. The molecule has 1 aromatic heterocycles. The average molecular weight is 302 g/mol. The number of hydrogen-bond acceptors (Lipinski definition) is 3. The molecule has 1 amide bonds. The number of benzene rings is 1. The van der Waals surface area contributed by atoms with Crippen LogP contribution in [0.15, 0.2) is 30.3 Å². The van der Waals surface area contributed by atoms with Crippen molar-refractivity contribution in [2.75, 3.05) is 5.32 Å². The highest BCUT2D eigenvalue weighted by Gasteiger charge is 2.19. The Bertz CT molecular complexity index is 693. The van der Waals surface area contributed by atoms with Crippen molar-refractivity contribution in [3.63, 3.8) is 0 Å². The zero-order chi connectivity index (χ0) is 15.6. The van der Waals surface area contributed by atoms with Crippen molar-refractivity contribution in [1.29, 1.82) is 0 Å². The van der Waals surface area contributed by atoms with Crippen LogP contribution >= 0.6 is 12.2 Å². The van der Waals surface area contributed by atoms with Gasteiger partial charge in [0.25, 0.3) is 0 Å². The van der Waals surface area contributed by atoms with Crippen molar-refractivity contribution in [2.24, 2.45) is 5.73 Å². The van der Waals surface area contributed by atoms with E-state index >= 15 is 0 Å². The number of carbonyl (C=O) groups excluding carboxylic acids is 1. The van der Waals surface area contributed by atoms with Gasteiger partial charge in [-0.3, -0.25) is 9.48 Å². The maximum absolute atomic E-state index is 12.4. The number of amides is 1. The van der Waals surface area contributed by atoms with Crippen LogP contribution in [-0.4, -0.2) is 20.7 Å². The van der Waals surface area contributed by atoms with Crippen molar-refractivity contribution in [3.05, 3.63) is 47.3 Å². The van der Waals surface area contributed by atoms with Crippen molar-refractivity contribution in [2.45, 2.75) is 26.8 Å². The van der Waals surface area contributed by atoms with Crippen molar-refractivity contribution in [3.8, 4) is 0 Å². The molecular weight excluding hydrogens is 284 g/mol. The standard InChI is InChI=1S/C15H18N4OS/c1-9-8-10(2)19(18-9)11(3)15(20)17-13-7-5-4-6-12(13)14(16)21/h4-8,11H,1-3H3,(H2,16,21)(H,17,20). The maximum Gasteiger partial charge on any atom is 0.248 e. The Morgan fingerprint density at radius 1 is 1.38 bits per heavy atom. The number of aryl methyl sites for hydroxylation is 2. The van der Waals surface area contributed by atoms with Gasteiger partial charge in [-0.2, -0.15) is 5.10 Å². The van der Waals surface area contributed by atoms with Gasteiger partial charge in [0.1, 0.15) is 11.0 Å². The number of para-hydroxylation sites is 1. The lowest BCUT2D eigenvalue weighted by Gasteiger charge is -2.16. The summed E-state index contributed by atoms with van der Waals surface area (Å²) in [6.07, 6.45) is 0. The Hall–Kier alpha value is -2.21. The summed E-state index contributed by atoms with van der Waals surface area (Å²) in [6, 6.07) is 8.73. The Balaban J connectivity index is 2.22. The first-order chi connectivity index (χ1) is 9.90. The molecule has 1 atom stereocenters. The molecular formula is C15H18N4OS. The second kappa shape index (κ2) is 6.05. The number of nitrogens with one attached hydrogen (secondary N) is 1. The van der Waals surface area contributed by atoms with Crippen LogP contribution in [0.25, 0.3) is 0 Å². The van der Waals surface area contributed by atoms with E-state index in [1.807, 2.05) is 32.0 Å². The summed E-state index contributed by atoms with van der Waals surface area (Å²) in [6.45, 7) is 5.63. The fourth-order valence-electron chi connectivity index (χ4n) is 2.19. The van der Waals surface area contributed by atoms with Gasteiger partial charge >= 0.3 is 0 Å². The summed E-state index contributed by atoms with van der Waals surface area (Å²) < 4.78 is 1.70. The predicted molar refractivity (Wildman–Crippen MR) is 87.4 cm³/mol. The number of hydrogen-bond donors (Lipinski definition) is 2. The molecule has 0 bridgehead atoms. The molecule has 1 unspecified atom stereocenters. The first kappa shape index (κ1) is 15.2. The van der Waals surface area contributed by atoms with Gasteiger partial charge in [0.2, 0.25) is 5.91 Å². The van der Waals surface area contributed by atoms with Crippen LogP contribution in [0.2, 0.25) is 0 Å². The van der Waals surface area contributed by atoms with Gasteiger partial charge in [0, 0.05) is 11.3 Å². The van der Waals surface area contributed by atoms with E-state index in [9.17, 15) is 4.79 Å². The molecule has 110 valence electrons. The molecule has 21 heavy (non-hydrogen) atoms. The molecule has 0 aliphatic carbocycles. The highest BCUT2D eigenvalue weighted by molar-refractivity contribution is 7.80. The highest BCUT2D eigenvalue weighted by atomic mass is 32.1. The lowest BCUT2D eigenvalue weighted by atomic mass is 10.1. The van der Waals surface area contributed by atoms with E-state index in [1.54, 1.807) is 23.7 Å². The Morgan fingerprint density at radius 2 is 2.05 bits per heavy atom. The van der Waals surface area contributed by atoms with Gasteiger partial charge in [-0.25, -0.2) is 0 Å². The number of nitrogens with two attached hydrogens (primary N) is 1. The minimum Gasteiger partial charge on any atom is -0.389 e. The minimum absolute atomic E-state index is 0.162. The number of anilines is 1. The fourth-order valence-corrected chi connectivity index (χ4v) is 2.37. The highest BCUT2D eigenvalue weighted by Crippen LogP contribution is 2.18. The molecule has 0 radical (unpaired) electrons. The summed E-state index contributed by atoms with van der Waals surface area (Å²) in [7, 11) is 0. The Morgan fingerprint density at radius 3 is 2.62 bits per heavy atom.